The maximum atomic E-state index is 10.9. The lowest BCUT2D eigenvalue weighted by atomic mass is 10.2. The molecule has 0 spiro atoms. The fraction of sp³-hybridized carbons (Fsp3) is 0.400. The molecule has 1 aromatic rings. The summed E-state index contributed by atoms with van der Waals surface area (Å²) >= 11 is 2.75. The maximum Gasteiger partial charge on any atom is 0.259 e. The Bertz CT molecular complexity index is 391. The highest BCUT2D eigenvalue weighted by atomic mass is 32.2. The van der Waals surface area contributed by atoms with E-state index in [0.29, 0.717) is 16.0 Å². The number of nitrogens with two attached hydrogens (primary N) is 1. The van der Waals surface area contributed by atoms with Crippen LogP contribution in [-0.4, -0.2) is 12.2 Å². The predicted molar refractivity (Wildman–Crippen MR) is 65.4 cm³/mol. The van der Waals surface area contributed by atoms with Gasteiger partial charge in [0.05, 0.1) is 14.6 Å². The molecule has 0 aromatic carbocycles. The average molecular weight is 242 g/mol. The SMILES string of the molecule is CC.CSc1sc(C(N)=O)c(C)c1C#N. The van der Waals surface area contributed by atoms with Crippen LogP contribution in [-0.2, 0) is 0 Å². The van der Waals surface area contributed by atoms with E-state index in [0.717, 1.165) is 4.21 Å². The minimum Gasteiger partial charge on any atom is -0.365 e. The van der Waals surface area contributed by atoms with Crippen LogP contribution in [0.1, 0.15) is 34.6 Å². The molecule has 1 heterocycles. The molecule has 1 rings (SSSR count). The van der Waals surface area contributed by atoms with E-state index < -0.39 is 5.91 Å². The van der Waals surface area contributed by atoms with Gasteiger partial charge in [-0.2, -0.15) is 5.26 Å². The van der Waals surface area contributed by atoms with Crippen molar-refractivity contribution in [3.05, 3.63) is 16.0 Å². The van der Waals surface area contributed by atoms with Gasteiger partial charge in [0, 0.05) is 0 Å². The smallest absolute Gasteiger partial charge is 0.259 e. The van der Waals surface area contributed by atoms with Crippen LogP contribution in [0.4, 0.5) is 0 Å². The third kappa shape index (κ3) is 2.98. The average Bonchev–Trinajstić information content (AvgIpc) is 2.57. The molecule has 1 aromatic heterocycles. The van der Waals surface area contributed by atoms with Crippen LogP contribution in [0.15, 0.2) is 4.21 Å². The summed E-state index contributed by atoms with van der Waals surface area (Å²) < 4.78 is 0.855. The fourth-order valence-corrected chi connectivity index (χ4v) is 2.82. The first-order chi connectivity index (χ1) is 7.11. The summed E-state index contributed by atoms with van der Waals surface area (Å²) in [5, 5.41) is 8.82. The zero-order valence-corrected chi connectivity index (χ0v) is 10.9. The van der Waals surface area contributed by atoms with Crippen molar-refractivity contribution in [1.29, 1.82) is 5.26 Å². The molecule has 3 nitrogen and oxygen atoms in total. The van der Waals surface area contributed by atoms with Crippen LogP contribution in [0.25, 0.3) is 0 Å². The van der Waals surface area contributed by atoms with Crippen molar-refractivity contribution in [2.24, 2.45) is 5.73 Å². The highest BCUT2D eigenvalue weighted by Crippen LogP contribution is 2.33. The van der Waals surface area contributed by atoms with Crippen molar-refractivity contribution < 1.29 is 4.79 Å². The number of primary amides is 1. The normalized spacial score (nSPS) is 8.73. The molecule has 2 N–H and O–H groups in total. The van der Waals surface area contributed by atoms with Gasteiger partial charge in [-0.15, -0.1) is 23.1 Å². The van der Waals surface area contributed by atoms with Crippen LogP contribution in [0.5, 0.6) is 0 Å². The lowest BCUT2D eigenvalue weighted by Gasteiger charge is -1.90. The molecule has 0 saturated heterocycles. The molecule has 0 aliphatic rings. The zero-order chi connectivity index (χ0) is 12.0. The van der Waals surface area contributed by atoms with E-state index in [1.807, 2.05) is 20.1 Å². The monoisotopic (exact) mass is 242 g/mol. The van der Waals surface area contributed by atoms with Crippen LogP contribution in [0.3, 0.4) is 0 Å². The first kappa shape index (κ1) is 14.0. The van der Waals surface area contributed by atoms with E-state index in [2.05, 4.69) is 6.07 Å². The minimum absolute atomic E-state index is 0.459. The Morgan fingerprint density at radius 1 is 1.53 bits per heavy atom. The third-order valence-electron chi connectivity index (χ3n) is 1.64. The van der Waals surface area contributed by atoms with Crippen LogP contribution in [0, 0.1) is 18.3 Å². The molecule has 5 heteroatoms. The fourth-order valence-electron chi connectivity index (χ4n) is 0.995. The number of nitrogens with zero attached hydrogens (tertiary/aromatic N) is 1. The third-order valence-corrected chi connectivity index (χ3v) is 4.06. The first-order valence-electron chi connectivity index (χ1n) is 4.49. The van der Waals surface area contributed by atoms with Gasteiger partial charge in [-0.3, -0.25) is 4.79 Å². The van der Waals surface area contributed by atoms with Gasteiger partial charge in [-0.1, -0.05) is 13.8 Å². The molecule has 0 unspecified atom stereocenters. The first-order valence-corrected chi connectivity index (χ1v) is 6.53. The van der Waals surface area contributed by atoms with Crippen LogP contribution < -0.4 is 5.73 Å². The van der Waals surface area contributed by atoms with Crippen LogP contribution >= 0.6 is 23.1 Å². The largest absolute Gasteiger partial charge is 0.365 e. The zero-order valence-electron chi connectivity index (χ0n) is 9.25. The van der Waals surface area contributed by atoms with Crippen molar-refractivity contribution in [2.45, 2.75) is 25.0 Å². The van der Waals surface area contributed by atoms with Crippen molar-refractivity contribution in [2.75, 3.05) is 6.26 Å². The van der Waals surface area contributed by atoms with Crippen LogP contribution in [0.2, 0.25) is 0 Å². The quantitative estimate of drug-likeness (QED) is 0.811. The molecule has 0 aliphatic heterocycles. The molecule has 0 fully saturated rings. The van der Waals surface area contributed by atoms with Gasteiger partial charge in [0.15, 0.2) is 0 Å². The second-order valence-corrected chi connectivity index (χ2v) is 4.49. The number of carbonyl (C=O) groups is 1. The van der Waals surface area contributed by atoms with E-state index in [4.69, 9.17) is 11.0 Å². The van der Waals surface area contributed by atoms with Gasteiger partial charge >= 0.3 is 0 Å². The molecule has 1 amide bonds. The molecular formula is C10H14N2OS2. The summed E-state index contributed by atoms with van der Waals surface area (Å²) in [4.78, 5) is 11.4. The van der Waals surface area contributed by atoms with Crippen molar-refractivity contribution in [3.8, 4) is 6.07 Å². The number of thiophene rings is 1. The summed E-state index contributed by atoms with van der Waals surface area (Å²) in [5.74, 6) is -0.459. The molecular weight excluding hydrogens is 228 g/mol. The number of rotatable bonds is 2. The molecule has 15 heavy (non-hydrogen) atoms. The molecule has 0 aliphatic carbocycles. The van der Waals surface area contributed by atoms with Gasteiger partial charge in [0.25, 0.3) is 5.91 Å². The summed E-state index contributed by atoms with van der Waals surface area (Å²) in [5.41, 5.74) is 6.43. The van der Waals surface area contributed by atoms with Gasteiger partial charge in [0.1, 0.15) is 6.07 Å². The molecule has 82 valence electrons. The summed E-state index contributed by atoms with van der Waals surface area (Å²) in [6.07, 6.45) is 1.87. The summed E-state index contributed by atoms with van der Waals surface area (Å²) in [6, 6.07) is 2.07. The Hall–Kier alpha value is -0.990. The number of thioether (sulfide) groups is 1. The summed E-state index contributed by atoms with van der Waals surface area (Å²) in [7, 11) is 0. The second-order valence-electron chi connectivity index (χ2n) is 2.40. The number of hydrogen-bond donors (Lipinski definition) is 1. The predicted octanol–water partition coefficient (Wildman–Crippen LogP) is 2.78. The van der Waals surface area contributed by atoms with Crippen molar-refractivity contribution in [1.82, 2.24) is 0 Å². The van der Waals surface area contributed by atoms with E-state index >= 15 is 0 Å². The Labute approximate surface area is 98.3 Å². The standard InChI is InChI=1S/C8H8N2OS2.C2H6/c1-4-5(3-9)8(12-2)13-6(4)7(10)11;1-2/h1-2H3,(H2,10,11);1-2H3. The molecule has 0 bridgehead atoms. The Balaban J connectivity index is 0.000000921. The van der Waals surface area contributed by atoms with E-state index in [1.165, 1.54) is 23.1 Å². The van der Waals surface area contributed by atoms with E-state index in [1.54, 1.807) is 6.92 Å². The topological polar surface area (TPSA) is 66.9 Å². The molecule has 0 radical (unpaired) electrons. The van der Waals surface area contributed by atoms with E-state index in [-0.39, 0.29) is 0 Å². The lowest BCUT2D eigenvalue weighted by molar-refractivity contribution is 0.100. The van der Waals surface area contributed by atoms with Crippen molar-refractivity contribution >= 4 is 29.0 Å². The van der Waals surface area contributed by atoms with Gasteiger partial charge in [-0.05, 0) is 18.7 Å². The Kier molecular flexibility index (Phi) is 6.06. The highest BCUT2D eigenvalue weighted by molar-refractivity contribution is 8.00. The number of nitriles is 1. The van der Waals surface area contributed by atoms with Gasteiger partial charge < -0.3 is 5.73 Å². The molecule has 0 saturated carbocycles. The Morgan fingerprint density at radius 2 is 2.07 bits per heavy atom. The number of amides is 1. The van der Waals surface area contributed by atoms with E-state index in [9.17, 15) is 4.79 Å². The van der Waals surface area contributed by atoms with Crippen molar-refractivity contribution in [3.63, 3.8) is 0 Å². The number of hydrogen-bond acceptors (Lipinski definition) is 4. The molecule has 0 atom stereocenters. The summed E-state index contributed by atoms with van der Waals surface area (Å²) in [6.45, 7) is 5.74. The minimum atomic E-state index is -0.459. The Morgan fingerprint density at radius 3 is 2.33 bits per heavy atom. The highest BCUT2D eigenvalue weighted by Gasteiger charge is 2.17. The number of carbonyl (C=O) groups excluding carboxylic acids is 1. The maximum absolute atomic E-state index is 10.9. The second kappa shape index (κ2) is 6.49. The lowest BCUT2D eigenvalue weighted by Crippen LogP contribution is -2.10. The van der Waals surface area contributed by atoms with Gasteiger partial charge in [0.2, 0.25) is 0 Å². The van der Waals surface area contributed by atoms with Gasteiger partial charge in [-0.25, -0.2) is 0 Å².